The van der Waals surface area contributed by atoms with Crippen LogP contribution >= 0.6 is 23.2 Å². The third-order valence-electron chi connectivity index (χ3n) is 3.18. The number of unbranched alkanes of at least 4 members (excludes halogenated alkanes) is 1. The number of benzene rings is 2. The van der Waals surface area contributed by atoms with Gasteiger partial charge in [-0.1, -0.05) is 41.4 Å². The molecule has 0 fully saturated rings. The van der Waals surface area contributed by atoms with Crippen LogP contribution in [-0.2, 0) is 0 Å². The maximum Gasteiger partial charge on any atom is 0.125 e. The van der Waals surface area contributed by atoms with Crippen molar-refractivity contribution in [3.63, 3.8) is 0 Å². The normalized spacial score (nSPS) is 11.7. The molecule has 0 heterocycles. The maximum atomic E-state index is 10.1. The lowest BCUT2D eigenvalue weighted by molar-refractivity contribution is 0.285. The second-order valence-electron chi connectivity index (χ2n) is 4.80. The average molecular weight is 338 g/mol. The van der Waals surface area contributed by atoms with E-state index in [0.717, 1.165) is 12.0 Å². The Balaban J connectivity index is 2.46. The summed E-state index contributed by atoms with van der Waals surface area (Å²) in [5.41, 5.74) is 1.89. The highest BCUT2D eigenvalue weighted by Gasteiger charge is 2.14. The first-order valence-corrected chi connectivity index (χ1v) is 7.78. The van der Waals surface area contributed by atoms with Gasteiger partial charge in [-0.3, -0.25) is 4.99 Å². The van der Waals surface area contributed by atoms with Gasteiger partial charge >= 0.3 is 0 Å². The molecule has 2 N–H and O–H groups in total. The molecule has 0 unspecified atom stereocenters. The van der Waals surface area contributed by atoms with Crippen LogP contribution in [0.25, 0.3) is 0 Å². The maximum absolute atomic E-state index is 10.1. The van der Waals surface area contributed by atoms with Crippen molar-refractivity contribution in [2.45, 2.75) is 12.8 Å². The summed E-state index contributed by atoms with van der Waals surface area (Å²) in [4.78, 5) is 4.57. The number of halogens is 2. The smallest absolute Gasteiger partial charge is 0.125 e. The number of phenols is 1. The number of aliphatic imine (C=N–C) groups is 1. The van der Waals surface area contributed by atoms with Crippen molar-refractivity contribution >= 4 is 28.9 Å². The standard InChI is InChI=1S/C17H17Cl2NO2/c18-12-7-8-16(22)14(11-12)17(20-9-3-4-10-21)13-5-1-2-6-15(13)19/h1-2,5-8,11,21-22H,3-4,9-10H2. The van der Waals surface area contributed by atoms with Gasteiger partial charge in [0, 0.05) is 34.3 Å². The van der Waals surface area contributed by atoms with Crippen molar-refractivity contribution in [2.24, 2.45) is 4.99 Å². The van der Waals surface area contributed by atoms with Crippen LogP contribution in [0.4, 0.5) is 0 Å². The van der Waals surface area contributed by atoms with Crippen LogP contribution in [0.15, 0.2) is 47.5 Å². The van der Waals surface area contributed by atoms with Gasteiger partial charge in [0.1, 0.15) is 5.75 Å². The first kappa shape index (κ1) is 16.8. The molecule has 0 aromatic heterocycles. The Hall–Kier alpha value is -1.55. The number of aromatic hydroxyl groups is 1. The highest BCUT2D eigenvalue weighted by atomic mass is 35.5. The lowest BCUT2D eigenvalue weighted by Gasteiger charge is -2.11. The van der Waals surface area contributed by atoms with E-state index < -0.39 is 0 Å². The van der Waals surface area contributed by atoms with E-state index in [1.165, 1.54) is 6.07 Å². The number of rotatable bonds is 6. The molecule has 0 saturated carbocycles. The van der Waals surface area contributed by atoms with Gasteiger partial charge in [0.2, 0.25) is 0 Å². The van der Waals surface area contributed by atoms with Crippen LogP contribution in [0, 0.1) is 0 Å². The number of nitrogens with zero attached hydrogens (tertiary/aromatic N) is 1. The van der Waals surface area contributed by atoms with Crippen LogP contribution in [0.2, 0.25) is 10.0 Å². The molecule has 0 atom stereocenters. The molecular formula is C17H17Cl2NO2. The van der Waals surface area contributed by atoms with Gasteiger partial charge in [-0.05, 0) is 37.1 Å². The Kier molecular flexibility index (Phi) is 6.25. The number of aliphatic hydroxyl groups is 1. The first-order chi connectivity index (χ1) is 10.6. The minimum absolute atomic E-state index is 0.102. The van der Waals surface area contributed by atoms with E-state index >= 15 is 0 Å². The summed E-state index contributed by atoms with van der Waals surface area (Å²) in [5.74, 6) is 0.102. The first-order valence-electron chi connectivity index (χ1n) is 7.02. The van der Waals surface area contributed by atoms with Gasteiger partial charge in [0.15, 0.2) is 0 Å². The molecule has 0 spiro atoms. The van der Waals surface area contributed by atoms with Gasteiger partial charge in [-0.15, -0.1) is 0 Å². The fraction of sp³-hybridized carbons (Fsp3) is 0.235. The van der Waals surface area contributed by atoms with Crippen molar-refractivity contribution in [1.82, 2.24) is 0 Å². The van der Waals surface area contributed by atoms with Crippen LogP contribution < -0.4 is 0 Å². The molecule has 0 aliphatic carbocycles. The Morgan fingerprint density at radius 3 is 2.50 bits per heavy atom. The molecule has 0 amide bonds. The monoisotopic (exact) mass is 337 g/mol. The average Bonchev–Trinajstić information content (AvgIpc) is 2.51. The minimum Gasteiger partial charge on any atom is -0.507 e. The largest absolute Gasteiger partial charge is 0.507 e. The topological polar surface area (TPSA) is 52.8 Å². The van der Waals surface area contributed by atoms with E-state index in [0.29, 0.717) is 34.3 Å². The van der Waals surface area contributed by atoms with E-state index in [1.807, 2.05) is 18.2 Å². The zero-order valence-electron chi connectivity index (χ0n) is 12.0. The molecule has 22 heavy (non-hydrogen) atoms. The van der Waals surface area contributed by atoms with Crippen molar-refractivity contribution in [1.29, 1.82) is 0 Å². The predicted molar refractivity (Wildman–Crippen MR) is 91.4 cm³/mol. The van der Waals surface area contributed by atoms with Crippen LogP contribution in [0.5, 0.6) is 5.75 Å². The van der Waals surface area contributed by atoms with E-state index in [-0.39, 0.29) is 12.4 Å². The van der Waals surface area contributed by atoms with E-state index in [2.05, 4.69) is 4.99 Å². The third kappa shape index (κ3) is 4.23. The Bertz CT molecular complexity index is 671. The molecule has 116 valence electrons. The quantitative estimate of drug-likeness (QED) is 0.609. The second kappa shape index (κ2) is 8.18. The molecule has 0 bridgehead atoms. The summed E-state index contributed by atoms with van der Waals surface area (Å²) in [5, 5.41) is 20.1. The Morgan fingerprint density at radius 1 is 1.00 bits per heavy atom. The van der Waals surface area contributed by atoms with Gasteiger partial charge in [-0.2, -0.15) is 0 Å². The molecule has 0 saturated heterocycles. The number of phenolic OH excluding ortho intramolecular Hbond substituents is 1. The predicted octanol–water partition coefficient (Wildman–Crippen LogP) is 4.31. The van der Waals surface area contributed by atoms with Crippen molar-refractivity contribution < 1.29 is 10.2 Å². The number of hydrogen-bond acceptors (Lipinski definition) is 3. The van der Waals surface area contributed by atoms with Crippen molar-refractivity contribution in [3.05, 3.63) is 63.6 Å². The number of hydrogen-bond donors (Lipinski definition) is 2. The van der Waals surface area contributed by atoms with Gasteiger partial charge in [0.25, 0.3) is 0 Å². The highest BCUT2D eigenvalue weighted by molar-refractivity contribution is 6.36. The van der Waals surface area contributed by atoms with E-state index in [9.17, 15) is 5.11 Å². The second-order valence-corrected chi connectivity index (χ2v) is 5.65. The highest BCUT2D eigenvalue weighted by Crippen LogP contribution is 2.27. The summed E-state index contributed by atoms with van der Waals surface area (Å²) in [6, 6.07) is 12.2. The summed E-state index contributed by atoms with van der Waals surface area (Å²) in [6.07, 6.45) is 1.44. The lowest BCUT2D eigenvalue weighted by atomic mass is 10.0. The van der Waals surface area contributed by atoms with Crippen LogP contribution in [0.3, 0.4) is 0 Å². The molecule has 3 nitrogen and oxygen atoms in total. The van der Waals surface area contributed by atoms with Gasteiger partial charge in [0.05, 0.1) is 5.71 Å². The third-order valence-corrected chi connectivity index (χ3v) is 3.74. The molecule has 5 heteroatoms. The molecule has 0 aliphatic rings. The van der Waals surface area contributed by atoms with Crippen molar-refractivity contribution in [3.8, 4) is 5.75 Å². The fourth-order valence-electron chi connectivity index (χ4n) is 2.08. The van der Waals surface area contributed by atoms with E-state index in [4.69, 9.17) is 28.3 Å². The Morgan fingerprint density at radius 2 is 1.77 bits per heavy atom. The number of aliphatic hydroxyl groups excluding tert-OH is 1. The van der Waals surface area contributed by atoms with E-state index in [1.54, 1.807) is 18.2 Å². The lowest BCUT2D eigenvalue weighted by Crippen LogP contribution is -2.06. The van der Waals surface area contributed by atoms with Gasteiger partial charge in [-0.25, -0.2) is 0 Å². The fourth-order valence-corrected chi connectivity index (χ4v) is 2.48. The zero-order chi connectivity index (χ0) is 15.9. The zero-order valence-corrected chi connectivity index (χ0v) is 13.5. The Labute approximate surface area is 139 Å². The molecule has 0 radical (unpaired) electrons. The molecular weight excluding hydrogens is 321 g/mol. The van der Waals surface area contributed by atoms with Crippen LogP contribution in [-0.4, -0.2) is 29.1 Å². The molecule has 2 rings (SSSR count). The summed E-state index contributed by atoms with van der Waals surface area (Å²) < 4.78 is 0. The minimum atomic E-state index is 0.102. The summed E-state index contributed by atoms with van der Waals surface area (Å²) in [7, 11) is 0. The SMILES string of the molecule is OCCCCN=C(c1cc(Cl)ccc1O)c1ccccc1Cl. The molecule has 0 aliphatic heterocycles. The molecule has 2 aromatic rings. The van der Waals surface area contributed by atoms with Gasteiger partial charge < -0.3 is 10.2 Å². The summed E-state index contributed by atoms with van der Waals surface area (Å²) in [6.45, 7) is 0.673. The van der Waals surface area contributed by atoms with Crippen LogP contribution in [0.1, 0.15) is 24.0 Å². The van der Waals surface area contributed by atoms with Crippen molar-refractivity contribution in [2.75, 3.05) is 13.2 Å². The summed E-state index contributed by atoms with van der Waals surface area (Å²) >= 11 is 12.3. The molecule has 2 aromatic carbocycles.